The van der Waals surface area contributed by atoms with E-state index in [1.54, 1.807) is 10.9 Å². The summed E-state index contributed by atoms with van der Waals surface area (Å²) in [6.45, 7) is 3.58. The molecule has 102 valence electrons. The van der Waals surface area contributed by atoms with Crippen molar-refractivity contribution in [3.05, 3.63) is 42.0 Å². The summed E-state index contributed by atoms with van der Waals surface area (Å²) in [5.41, 5.74) is 1.90. The van der Waals surface area contributed by atoms with Gasteiger partial charge in [0.2, 0.25) is 0 Å². The zero-order valence-electron chi connectivity index (χ0n) is 11.0. The fourth-order valence-corrected chi connectivity index (χ4v) is 1.76. The second-order valence-electron chi connectivity index (χ2n) is 4.41. The van der Waals surface area contributed by atoms with Gasteiger partial charge in [-0.15, -0.1) is 5.10 Å². The lowest BCUT2D eigenvalue weighted by Gasteiger charge is -2.11. The predicted octanol–water partition coefficient (Wildman–Crippen LogP) is 0.906. The van der Waals surface area contributed by atoms with Crippen LogP contribution in [0, 0.1) is 0 Å². The Kier molecular flexibility index (Phi) is 5.00. The predicted molar refractivity (Wildman–Crippen MR) is 71.2 cm³/mol. The highest BCUT2D eigenvalue weighted by atomic mass is 16.3. The molecule has 6 nitrogen and oxygen atoms in total. The van der Waals surface area contributed by atoms with Gasteiger partial charge in [-0.2, -0.15) is 0 Å². The number of hydrogen-bond acceptors (Lipinski definition) is 5. The Labute approximate surface area is 112 Å². The molecule has 0 saturated carbocycles. The molecule has 0 aliphatic heterocycles. The first kappa shape index (κ1) is 13.6. The van der Waals surface area contributed by atoms with Crippen LogP contribution in [-0.4, -0.2) is 31.7 Å². The number of aryl methyl sites for hydroxylation is 1. The van der Waals surface area contributed by atoms with Crippen LogP contribution >= 0.6 is 0 Å². The fourth-order valence-electron chi connectivity index (χ4n) is 1.76. The number of hydrogen-bond donors (Lipinski definition) is 2. The van der Waals surface area contributed by atoms with Crippen LogP contribution < -0.4 is 5.32 Å². The molecule has 2 rings (SSSR count). The first-order chi connectivity index (χ1) is 9.29. The molecule has 2 aromatic rings. The highest BCUT2D eigenvalue weighted by Crippen LogP contribution is 2.08. The minimum atomic E-state index is 0.170. The number of nitrogens with zero attached hydrogens (tertiary/aromatic N) is 4. The fraction of sp³-hybridized carbons (Fsp3) is 0.462. The van der Waals surface area contributed by atoms with Gasteiger partial charge < -0.3 is 10.4 Å². The van der Waals surface area contributed by atoms with Crippen LogP contribution in [0.25, 0.3) is 0 Å². The highest BCUT2D eigenvalue weighted by molar-refractivity contribution is 5.08. The second-order valence-corrected chi connectivity index (χ2v) is 4.41. The average Bonchev–Trinajstić information content (AvgIpc) is 2.91. The summed E-state index contributed by atoms with van der Waals surface area (Å²) in [5, 5.41) is 20.2. The van der Waals surface area contributed by atoms with Crippen molar-refractivity contribution in [1.82, 2.24) is 25.3 Å². The largest absolute Gasteiger partial charge is 0.396 e. The smallest absolute Gasteiger partial charge is 0.0965 e. The standard InChI is InChI=1S/C13H19N5O/c1-11(13-5-2-3-6-14-13)15-9-12-10-18(17-16-12)7-4-8-19/h2-3,5-6,10-11,15,19H,4,7-9H2,1H3/t11-/m0/s1. The second kappa shape index (κ2) is 6.96. The lowest BCUT2D eigenvalue weighted by molar-refractivity contribution is 0.276. The molecule has 0 bridgehead atoms. The van der Waals surface area contributed by atoms with Crippen molar-refractivity contribution in [1.29, 1.82) is 0 Å². The molecule has 6 heteroatoms. The lowest BCUT2D eigenvalue weighted by Crippen LogP contribution is -2.19. The Bertz CT molecular complexity index is 485. The molecule has 0 aliphatic carbocycles. The van der Waals surface area contributed by atoms with Gasteiger partial charge in [0.05, 0.1) is 11.4 Å². The molecule has 2 aromatic heterocycles. The summed E-state index contributed by atoms with van der Waals surface area (Å²) < 4.78 is 1.75. The van der Waals surface area contributed by atoms with Crippen molar-refractivity contribution in [2.45, 2.75) is 32.5 Å². The SMILES string of the molecule is C[C@H](NCc1cn(CCCO)nn1)c1ccccn1. The zero-order chi connectivity index (χ0) is 13.5. The maximum Gasteiger partial charge on any atom is 0.0965 e. The molecule has 0 aromatic carbocycles. The van der Waals surface area contributed by atoms with Crippen LogP contribution in [-0.2, 0) is 13.1 Å². The Morgan fingerprint density at radius 2 is 2.32 bits per heavy atom. The molecule has 0 amide bonds. The van der Waals surface area contributed by atoms with Gasteiger partial charge in [-0.05, 0) is 25.5 Å². The van der Waals surface area contributed by atoms with E-state index in [1.807, 2.05) is 24.4 Å². The molecule has 0 saturated heterocycles. The van der Waals surface area contributed by atoms with Crippen LogP contribution in [0.15, 0.2) is 30.6 Å². The van der Waals surface area contributed by atoms with E-state index in [0.717, 1.165) is 11.4 Å². The lowest BCUT2D eigenvalue weighted by atomic mass is 10.2. The third-order valence-corrected chi connectivity index (χ3v) is 2.85. The van der Waals surface area contributed by atoms with Gasteiger partial charge in [0.1, 0.15) is 0 Å². The normalized spacial score (nSPS) is 12.5. The van der Waals surface area contributed by atoms with Crippen LogP contribution in [0.2, 0.25) is 0 Å². The van der Waals surface area contributed by atoms with E-state index in [-0.39, 0.29) is 12.6 Å². The van der Waals surface area contributed by atoms with Crippen LogP contribution in [0.5, 0.6) is 0 Å². The first-order valence-electron chi connectivity index (χ1n) is 6.44. The number of pyridine rings is 1. The van der Waals surface area contributed by atoms with Crippen LogP contribution in [0.3, 0.4) is 0 Å². The van der Waals surface area contributed by atoms with Gasteiger partial charge in [0, 0.05) is 38.1 Å². The van der Waals surface area contributed by atoms with Crippen LogP contribution in [0.1, 0.15) is 30.8 Å². The van der Waals surface area contributed by atoms with Crippen molar-refractivity contribution < 1.29 is 5.11 Å². The molecule has 0 fully saturated rings. The summed E-state index contributed by atoms with van der Waals surface area (Å²) >= 11 is 0. The summed E-state index contributed by atoms with van der Waals surface area (Å²) in [6, 6.07) is 6.05. The minimum absolute atomic E-state index is 0.170. The number of rotatable bonds is 7. The molecule has 19 heavy (non-hydrogen) atoms. The topological polar surface area (TPSA) is 75.9 Å². The molecular formula is C13H19N5O. The number of nitrogens with one attached hydrogen (secondary N) is 1. The molecule has 0 spiro atoms. The average molecular weight is 261 g/mol. The Balaban J connectivity index is 1.83. The van der Waals surface area contributed by atoms with E-state index in [1.165, 1.54) is 0 Å². The monoisotopic (exact) mass is 261 g/mol. The number of aromatic nitrogens is 4. The highest BCUT2D eigenvalue weighted by Gasteiger charge is 2.07. The Morgan fingerprint density at radius 1 is 1.42 bits per heavy atom. The van der Waals surface area contributed by atoms with E-state index >= 15 is 0 Å². The van der Waals surface area contributed by atoms with Crippen molar-refractivity contribution in [2.24, 2.45) is 0 Å². The minimum Gasteiger partial charge on any atom is -0.396 e. The quantitative estimate of drug-likeness (QED) is 0.774. The Morgan fingerprint density at radius 3 is 3.05 bits per heavy atom. The molecule has 1 atom stereocenters. The van der Waals surface area contributed by atoms with E-state index in [4.69, 9.17) is 5.11 Å². The van der Waals surface area contributed by atoms with Gasteiger partial charge in [0.25, 0.3) is 0 Å². The number of aliphatic hydroxyl groups excluding tert-OH is 1. The third-order valence-electron chi connectivity index (χ3n) is 2.85. The maximum absolute atomic E-state index is 8.76. The van der Waals surface area contributed by atoms with Crippen molar-refractivity contribution in [2.75, 3.05) is 6.61 Å². The molecule has 0 unspecified atom stereocenters. The molecule has 2 heterocycles. The molecule has 0 radical (unpaired) electrons. The summed E-state index contributed by atoms with van der Waals surface area (Å²) in [5.74, 6) is 0. The first-order valence-corrected chi connectivity index (χ1v) is 6.44. The Hall–Kier alpha value is -1.79. The third kappa shape index (κ3) is 4.11. The van der Waals surface area contributed by atoms with Crippen LogP contribution in [0.4, 0.5) is 0 Å². The van der Waals surface area contributed by atoms with Gasteiger partial charge in [-0.25, -0.2) is 0 Å². The number of aliphatic hydroxyl groups is 1. The van der Waals surface area contributed by atoms with Gasteiger partial charge in [-0.3, -0.25) is 9.67 Å². The maximum atomic E-state index is 8.76. The van der Waals surface area contributed by atoms with Gasteiger partial charge in [-0.1, -0.05) is 11.3 Å². The molecule has 2 N–H and O–H groups in total. The summed E-state index contributed by atoms with van der Waals surface area (Å²) in [4.78, 5) is 4.31. The zero-order valence-corrected chi connectivity index (χ0v) is 11.0. The van der Waals surface area contributed by atoms with E-state index < -0.39 is 0 Å². The van der Waals surface area contributed by atoms with Crippen molar-refractivity contribution in [3.8, 4) is 0 Å². The summed E-state index contributed by atoms with van der Waals surface area (Å²) in [6.07, 6.45) is 4.38. The van der Waals surface area contributed by atoms with Gasteiger partial charge in [0.15, 0.2) is 0 Å². The molecular weight excluding hydrogens is 242 g/mol. The van der Waals surface area contributed by atoms with Crippen molar-refractivity contribution in [3.63, 3.8) is 0 Å². The van der Waals surface area contributed by atoms with E-state index in [9.17, 15) is 0 Å². The van der Waals surface area contributed by atoms with Crippen molar-refractivity contribution >= 4 is 0 Å². The van der Waals surface area contributed by atoms with Gasteiger partial charge >= 0.3 is 0 Å². The molecule has 0 aliphatic rings. The van der Waals surface area contributed by atoms with E-state index in [2.05, 4.69) is 27.5 Å². The summed E-state index contributed by atoms with van der Waals surface area (Å²) in [7, 11) is 0. The van der Waals surface area contributed by atoms with E-state index in [0.29, 0.717) is 19.5 Å².